The van der Waals surface area contributed by atoms with Crippen molar-refractivity contribution in [1.82, 2.24) is 29.7 Å². The smallest absolute Gasteiger partial charge is 0.294 e. The van der Waals surface area contributed by atoms with E-state index in [4.69, 9.17) is 0 Å². The molecule has 0 aliphatic rings. The largest absolute Gasteiger partial charge is 0.341 e. The highest BCUT2D eigenvalue weighted by atomic mass is 16.6. The van der Waals surface area contributed by atoms with E-state index in [2.05, 4.69) is 20.6 Å². The molecule has 4 rings (SSSR count). The molecule has 0 radical (unpaired) electrons. The Morgan fingerprint density at radius 3 is 2.68 bits per heavy atom. The van der Waals surface area contributed by atoms with Gasteiger partial charge in [-0.1, -0.05) is 18.2 Å². The second kappa shape index (κ2) is 7.78. The number of carbonyl (C=O) groups excluding carboxylic acids is 1. The summed E-state index contributed by atoms with van der Waals surface area (Å²) in [5.74, 6) is -0.243. The van der Waals surface area contributed by atoms with Crippen molar-refractivity contribution in [3.8, 4) is 5.69 Å². The van der Waals surface area contributed by atoms with Gasteiger partial charge < -0.3 is 5.32 Å². The first-order valence-electron chi connectivity index (χ1n) is 9.32. The van der Waals surface area contributed by atoms with Crippen LogP contribution in [0.2, 0.25) is 0 Å². The maximum absolute atomic E-state index is 12.8. The summed E-state index contributed by atoms with van der Waals surface area (Å²) in [5.41, 5.74) is -0.0577. The number of nitrogens with one attached hydrogen (secondary N) is 1. The van der Waals surface area contributed by atoms with Crippen LogP contribution in [-0.2, 0) is 0 Å². The van der Waals surface area contributed by atoms with Crippen molar-refractivity contribution in [2.24, 2.45) is 0 Å². The maximum Gasteiger partial charge on any atom is 0.294 e. The van der Waals surface area contributed by atoms with Crippen molar-refractivity contribution in [2.45, 2.75) is 19.9 Å². The average molecular weight is 419 g/mol. The second-order valence-electron chi connectivity index (χ2n) is 6.84. The van der Waals surface area contributed by atoms with E-state index in [1.165, 1.54) is 28.9 Å². The number of para-hydroxylation sites is 2. The summed E-state index contributed by atoms with van der Waals surface area (Å²) in [7, 11) is 0. The first-order valence-corrected chi connectivity index (χ1v) is 9.32. The van der Waals surface area contributed by atoms with Crippen LogP contribution in [-0.4, -0.2) is 35.2 Å². The number of nitrogens with zero attached hydrogens (tertiary/aromatic N) is 6. The van der Waals surface area contributed by atoms with Crippen LogP contribution in [0.3, 0.4) is 0 Å². The lowest BCUT2D eigenvalue weighted by Crippen LogP contribution is -2.34. The molecule has 11 nitrogen and oxygen atoms in total. The van der Waals surface area contributed by atoms with Gasteiger partial charge in [-0.05, 0) is 32.0 Å². The predicted molar refractivity (Wildman–Crippen MR) is 110 cm³/mol. The molecule has 156 valence electrons. The molecule has 1 amide bonds. The third-order valence-corrected chi connectivity index (χ3v) is 4.70. The zero-order valence-electron chi connectivity index (χ0n) is 16.6. The molecular formula is C20H17N7O4. The monoisotopic (exact) mass is 419 g/mol. The van der Waals surface area contributed by atoms with Crippen LogP contribution in [0.4, 0.5) is 5.69 Å². The number of nitro groups is 1. The number of rotatable bonds is 5. The van der Waals surface area contributed by atoms with Gasteiger partial charge in [0, 0.05) is 24.0 Å². The average Bonchev–Trinajstić information content (AvgIpc) is 3.18. The standard InChI is InChI=1S/C20H17N7O4/c1-12-11-16(28)18(24-26(12)14-7-3-4-8-15(14)27(30)31)20(29)21-13(2)19-23-22-17-9-5-6-10-25(17)19/h3-11,13H,1-2H3,(H,21,29). The minimum Gasteiger partial charge on any atom is -0.341 e. The normalized spacial score (nSPS) is 11.9. The zero-order chi connectivity index (χ0) is 22.1. The van der Waals surface area contributed by atoms with E-state index in [9.17, 15) is 19.7 Å². The first kappa shape index (κ1) is 19.9. The van der Waals surface area contributed by atoms with Gasteiger partial charge >= 0.3 is 0 Å². The number of hydrogen-bond acceptors (Lipinski definition) is 7. The van der Waals surface area contributed by atoms with Crippen molar-refractivity contribution in [3.05, 3.63) is 92.3 Å². The third-order valence-electron chi connectivity index (χ3n) is 4.70. The van der Waals surface area contributed by atoms with Crippen molar-refractivity contribution in [1.29, 1.82) is 0 Å². The molecule has 0 saturated carbocycles. The van der Waals surface area contributed by atoms with Gasteiger partial charge in [0.1, 0.15) is 5.69 Å². The number of hydrogen-bond donors (Lipinski definition) is 1. The Hall–Kier alpha value is -4.41. The van der Waals surface area contributed by atoms with E-state index in [0.717, 1.165) is 0 Å². The van der Waals surface area contributed by atoms with Crippen LogP contribution in [0, 0.1) is 17.0 Å². The van der Waals surface area contributed by atoms with E-state index < -0.39 is 22.3 Å². The highest BCUT2D eigenvalue weighted by Gasteiger charge is 2.22. The molecule has 0 spiro atoms. The second-order valence-corrected chi connectivity index (χ2v) is 6.84. The molecule has 0 aliphatic carbocycles. The topological polar surface area (TPSA) is 137 Å². The third kappa shape index (κ3) is 3.64. The molecule has 31 heavy (non-hydrogen) atoms. The van der Waals surface area contributed by atoms with Gasteiger partial charge in [-0.25, -0.2) is 4.68 Å². The lowest BCUT2D eigenvalue weighted by atomic mass is 10.2. The van der Waals surface area contributed by atoms with Crippen LogP contribution >= 0.6 is 0 Å². The van der Waals surface area contributed by atoms with Crippen LogP contribution in [0.15, 0.2) is 59.5 Å². The molecule has 1 N–H and O–H groups in total. The minimum absolute atomic E-state index is 0.149. The van der Waals surface area contributed by atoms with Gasteiger partial charge in [0.15, 0.2) is 17.2 Å². The molecule has 3 heterocycles. The summed E-state index contributed by atoms with van der Waals surface area (Å²) in [6.45, 7) is 3.29. The molecular weight excluding hydrogens is 402 g/mol. The first-order chi connectivity index (χ1) is 14.9. The molecule has 1 unspecified atom stereocenters. The van der Waals surface area contributed by atoms with Crippen molar-refractivity contribution in [3.63, 3.8) is 0 Å². The number of pyridine rings is 1. The number of benzene rings is 1. The number of amides is 1. The van der Waals surface area contributed by atoms with E-state index in [0.29, 0.717) is 17.2 Å². The highest BCUT2D eigenvalue weighted by molar-refractivity contribution is 5.92. The fraction of sp³-hybridized carbons (Fsp3) is 0.150. The van der Waals surface area contributed by atoms with E-state index in [1.54, 1.807) is 42.6 Å². The molecule has 0 fully saturated rings. The Bertz CT molecular complexity index is 1380. The predicted octanol–water partition coefficient (Wildman–Crippen LogP) is 1.98. The van der Waals surface area contributed by atoms with Crippen LogP contribution < -0.4 is 10.7 Å². The summed E-state index contributed by atoms with van der Waals surface area (Å²) >= 11 is 0. The Morgan fingerprint density at radius 2 is 1.90 bits per heavy atom. The maximum atomic E-state index is 12.8. The molecule has 4 aromatic rings. The highest BCUT2D eigenvalue weighted by Crippen LogP contribution is 2.22. The van der Waals surface area contributed by atoms with Gasteiger partial charge in [0.05, 0.1) is 11.0 Å². The number of carbonyl (C=O) groups is 1. The van der Waals surface area contributed by atoms with Crippen molar-refractivity contribution >= 4 is 17.2 Å². The summed E-state index contributed by atoms with van der Waals surface area (Å²) in [6, 6.07) is 12.0. The number of nitro benzene ring substituents is 1. The van der Waals surface area contributed by atoms with Crippen LogP contribution in [0.5, 0.6) is 0 Å². The summed E-state index contributed by atoms with van der Waals surface area (Å²) in [4.78, 5) is 36.1. The number of aromatic nitrogens is 5. The van der Waals surface area contributed by atoms with E-state index in [1.807, 2.05) is 6.07 Å². The van der Waals surface area contributed by atoms with Gasteiger partial charge in [0.2, 0.25) is 5.43 Å². The SMILES string of the molecule is Cc1cc(=O)c(C(=O)NC(C)c2nnc3ccccn23)nn1-c1ccccc1[N+](=O)[O-]. The summed E-state index contributed by atoms with van der Waals surface area (Å²) in [6.07, 6.45) is 1.76. The molecule has 0 saturated heterocycles. The zero-order valence-corrected chi connectivity index (χ0v) is 16.6. The fourth-order valence-corrected chi connectivity index (χ4v) is 3.23. The van der Waals surface area contributed by atoms with Crippen molar-refractivity contribution < 1.29 is 9.72 Å². The Morgan fingerprint density at radius 1 is 1.16 bits per heavy atom. The number of fused-ring (bicyclic) bond motifs is 1. The van der Waals surface area contributed by atoms with E-state index >= 15 is 0 Å². The quantitative estimate of drug-likeness (QED) is 0.386. The molecule has 0 aliphatic heterocycles. The molecule has 3 aromatic heterocycles. The lowest BCUT2D eigenvalue weighted by Gasteiger charge is -2.14. The minimum atomic E-state index is -0.725. The van der Waals surface area contributed by atoms with Crippen LogP contribution in [0.1, 0.15) is 35.0 Å². The fourth-order valence-electron chi connectivity index (χ4n) is 3.23. The Labute approximate surface area is 175 Å². The van der Waals surface area contributed by atoms with Gasteiger partial charge in [-0.3, -0.25) is 24.1 Å². The van der Waals surface area contributed by atoms with Crippen LogP contribution in [0.25, 0.3) is 11.3 Å². The molecule has 1 aromatic carbocycles. The van der Waals surface area contributed by atoms with Gasteiger partial charge in [-0.2, -0.15) is 5.10 Å². The lowest BCUT2D eigenvalue weighted by molar-refractivity contribution is -0.384. The Balaban J connectivity index is 1.70. The summed E-state index contributed by atoms with van der Waals surface area (Å²) < 4.78 is 2.94. The Kier molecular flexibility index (Phi) is 4.99. The van der Waals surface area contributed by atoms with Crippen molar-refractivity contribution in [2.75, 3.05) is 0 Å². The molecule has 1 atom stereocenters. The van der Waals surface area contributed by atoms with E-state index in [-0.39, 0.29) is 17.1 Å². The number of aryl methyl sites for hydroxylation is 1. The summed E-state index contributed by atoms with van der Waals surface area (Å²) in [5, 5.41) is 26.3. The van der Waals surface area contributed by atoms with Gasteiger partial charge in [0.25, 0.3) is 11.6 Å². The molecule has 11 heteroatoms. The van der Waals surface area contributed by atoms with Gasteiger partial charge in [-0.15, -0.1) is 10.2 Å². The molecule has 0 bridgehead atoms.